The summed E-state index contributed by atoms with van der Waals surface area (Å²) in [5.74, 6) is 0.0585. The number of nitrogens with zero attached hydrogens (tertiary/aromatic N) is 1. The number of amidine groups is 1. The highest BCUT2D eigenvalue weighted by molar-refractivity contribution is 6.31. The highest BCUT2D eigenvalue weighted by Crippen LogP contribution is 2.24. The number of nitrogens with two attached hydrogens (primary N) is 1. The minimum absolute atomic E-state index is 0.0585. The van der Waals surface area contributed by atoms with E-state index in [0.717, 1.165) is 18.7 Å². The van der Waals surface area contributed by atoms with Crippen molar-refractivity contribution >= 4 is 23.1 Å². The molecule has 0 unspecified atom stereocenters. The first kappa shape index (κ1) is 14.4. The molecule has 0 aromatic heterocycles. The Morgan fingerprint density at radius 3 is 2.55 bits per heavy atom. The zero-order chi connectivity index (χ0) is 14.5. The molecule has 4 heteroatoms. The Labute approximate surface area is 124 Å². The van der Waals surface area contributed by atoms with Gasteiger partial charge < -0.3 is 10.6 Å². The summed E-state index contributed by atoms with van der Waals surface area (Å²) >= 11 is 6.04. The average Bonchev–Trinajstić information content (AvgIpc) is 2.45. The molecule has 0 heterocycles. The van der Waals surface area contributed by atoms with Crippen LogP contribution in [0.25, 0.3) is 0 Å². The van der Waals surface area contributed by atoms with Gasteiger partial charge in [-0.05, 0) is 30.2 Å². The molecule has 0 aliphatic carbocycles. The van der Waals surface area contributed by atoms with Gasteiger partial charge in [0.25, 0.3) is 0 Å². The van der Waals surface area contributed by atoms with Crippen molar-refractivity contribution in [3.05, 3.63) is 64.7 Å². The van der Waals surface area contributed by atoms with Gasteiger partial charge in [-0.2, -0.15) is 0 Å². The molecule has 0 saturated carbocycles. The minimum atomic E-state index is 0.0585. The number of nitrogens with one attached hydrogen (secondary N) is 1. The number of likely N-dealkylation sites (N-methyl/N-ethyl adjacent to an activating group) is 1. The van der Waals surface area contributed by atoms with Crippen LogP contribution in [0.1, 0.15) is 11.1 Å². The molecular formula is C16H18ClN3. The van der Waals surface area contributed by atoms with Crippen LogP contribution in [-0.2, 0) is 6.42 Å². The van der Waals surface area contributed by atoms with E-state index in [1.54, 1.807) is 12.1 Å². The number of halogens is 1. The maximum absolute atomic E-state index is 7.64. The summed E-state index contributed by atoms with van der Waals surface area (Å²) in [6.45, 7) is 0.838. The zero-order valence-corrected chi connectivity index (χ0v) is 12.2. The van der Waals surface area contributed by atoms with Crippen molar-refractivity contribution in [3.8, 4) is 0 Å². The third-order valence-corrected chi connectivity index (χ3v) is 3.48. The van der Waals surface area contributed by atoms with Crippen LogP contribution in [0.2, 0.25) is 5.02 Å². The van der Waals surface area contributed by atoms with Gasteiger partial charge in [0.15, 0.2) is 0 Å². The molecule has 0 fully saturated rings. The van der Waals surface area contributed by atoms with Crippen molar-refractivity contribution in [1.29, 1.82) is 5.41 Å². The van der Waals surface area contributed by atoms with Crippen molar-refractivity contribution < 1.29 is 0 Å². The molecule has 0 amide bonds. The van der Waals surface area contributed by atoms with Crippen molar-refractivity contribution in [2.45, 2.75) is 6.42 Å². The maximum Gasteiger partial charge on any atom is 0.124 e. The van der Waals surface area contributed by atoms with Gasteiger partial charge in [-0.25, -0.2) is 0 Å². The van der Waals surface area contributed by atoms with E-state index in [-0.39, 0.29) is 5.84 Å². The standard InChI is InChI=1S/C16H18ClN3/c1-20(10-9-12-5-3-2-4-6-12)15-11-13(17)7-8-14(15)16(18)19/h2-8,11H,9-10H2,1H3,(H3,18,19). The monoisotopic (exact) mass is 287 g/mol. The molecule has 20 heavy (non-hydrogen) atoms. The molecule has 3 N–H and O–H groups in total. The molecule has 0 saturated heterocycles. The molecular weight excluding hydrogens is 270 g/mol. The number of anilines is 1. The third-order valence-electron chi connectivity index (χ3n) is 3.24. The molecule has 2 rings (SSSR count). The first-order chi connectivity index (χ1) is 9.58. The summed E-state index contributed by atoms with van der Waals surface area (Å²) in [6, 6.07) is 15.7. The predicted molar refractivity (Wildman–Crippen MR) is 85.9 cm³/mol. The lowest BCUT2D eigenvalue weighted by molar-refractivity contribution is 0.875. The summed E-state index contributed by atoms with van der Waals surface area (Å²) < 4.78 is 0. The van der Waals surface area contributed by atoms with E-state index in [4.69, 9.17) is 22.7 Å². The average molecular weight is 288 g/mol. The van der Waals surface area contributed by atoms with Crippen molar-refractivity contribution in [3.63, 3.8) is 0 Å². The first-order valence-electron chi connectivity index (χ1n) is 6.47. The second kappa shape index (κ2) is 6.44. The van der Waals surface area contributed by atoms with E-state index >= 15 is 0 Å². The van der Waals surface area contributed by atoms with Crippen LogP contribution in [0.3, 0.4) is 0 Å². The van der Waals surface area contributed by atoms with Gasteiger partial charge in [0, 0.05) is 29.9 Å². The largest absolute Gasteiger partial charge is 0.384 e. The SMILES string of the molecule is CN(CCc1ccccc1)c1cc(Cl)ccc1C(=N)N. The van der Waals surface area contributed by atoms with Gasteiger partial charge >= 0.3 is 0 Å². The Bertz CT molecular complexity index is 596. The Kier molecular flexibility index (Phi) is 4.64. The Morgan fingerprint density at radius 2 is 1.90 bits per heavy atom. The van der Waals surface area contributed by atoms with E-state index < -0.39 is 0 Å². The normalized spacial score (nSPS) is 10.3. The van der Waals surface area contributed by atoms with Gasteiger partial charge in [0.1, 0.15) is 5.84 Å². The van der Waals surface area contributed by atoms with Crippen LogP contribution in [0.5, 0.6) is 0 Å². The third kappa shape index (κ3) is 3.52. The topological polar surface area (TPSA) is 53.1 Å². The lowest BCUT2D eigenvalue weighted by Gasteiger charge is -2.22. The van der Waals surface area contributed by atoms with E-state index in [9.17, 15) is 0 Å². The molecule has 0 atom stereocenters. The van der Waals surface area contributed by atoms with Gasteiger partial charge in [-0.3, -0.25) is 5.41 Å². The molecule has 2 aromatic carbocycles. The van der Waals surface area contributed by atoms with Crippen molar-refractivity contribution in [1.82, 2.24) is 0 Å². The molecule has 2 aromatic rings. The lowest BCUT2D eigenvalue weighted by atomic mass is 10.1. The minimum Gasteiger partial charge on any atom is -0.384 e. The molecule has 3 nitrogen and oxygen atoms in total. The first-order valence-corrected chi connectivity index (χ1v) is 6.84. The van der Waals surface area contributed by atoms with Gasteiger partial charge in [0.05, 0.1) is 0 Å². The summed E-state index contributed by atoms with van der Waals surface area (Å²) in [5.41, 5.74) is 8.51. The van der Waals surface area contributed by atoms with Crippen LogP contribution in [0.4, 0.5) is 5.69 Å². The number of benzene rings is 2. The van der Waals surface area contributed by atoms with E-state index in [1.165, 1.54) is 5.56 Å². The summed E-state index contributed by atoms with van der Waals surface area (Å²) in [6.07, 6.45) is 0.932. The number of hydrogen-bond acceptors (Lipinski definition) is 2. The summed E-state index contributed by atoms with van der Waals surface area (Å²) in [5, 5.41) is 8.29. The number of rotatable bonds is 5. The molecule has 0 radical (unpaired) electrons. The lowest BCUT2D eigenvalue weighted by Crippen LogP contribution is -2.24. The quantitative estimate of drug-likeness (QED) is 0.655. The summed E-state index contributed by atoms with van der Waals surface area (Å²) in [4.78, 5) is 2.08. The highest BCUT2D eigenvalue weighted by atomic mass is 35.5. The molecule has 104 valence electrons. The smallest absolute Gasteiger partial charge is 0.124 e. The second-order valence-corrected chi connectivity index (χ2v) is 5.17. The number of hydrogen-bond donors (Lipinski definition) is 2. The van der Waals surface area contributed by atoms with Crippen molar-refractivity contribution in [2.24, 2.45) is 5.73 Å². The van der Waals surface area contributed by atoms with E-state index in [0.29, 0.717) is 10.6 Å². The predicted octanol–water partition coefficient (Wildman–Crippen LogP) is 3.30. The fraction of sp³-hybridized carbons (Fsp3) is 0.188. The molecule has 0 aliphatic rings. The Morgan fingerprint density at radius 1 is 1.20 bits per heavy atom. The molecule has 0 spiro atoms. The Hall–Kier alpha value is -2.00. The van der Waals surface area contributed by atoms with Crippen molar-refractivity contribution in [2.75, 3.05) is 18.5 Å². The van der Waals surface area contributed by atoms with Gasteiger partial charge in [-0.1, -0.05) is 41.9 Å². The van der Waals surface area contributed by atoms with Gasteiger partial charge in [0.2, 0.25) is 0 Å². The second-order valence-electron chi connectivity index (χ2n) is 4.73. The Balaban J connectivity index is 2.14. The van der Waals surface area contributed by atoms with Crippen LogP contribution in [0.15, 0.2) is 48.5 Å². The highest BCUT2D eigenvalue weighted by Gasteiger charge is 2.10. The van der Waals surface area contributed by atoms with E-state index in [2.05, 4.69) is 17.0 Å². The zero-order valence-electron chi connectivity index (χ0n) is 11.4. The van der Waals surface area contributed by atoms with Crippen LogP contribution >= 0.6 is 11.6 Å². The molecule has 0 bridgehead atoms. The van der Waals surface area contributed by atoms with Crippen LogP contribution < -0.4 is 10.6 Å². The van der Waals surface area contributed by atoms with E-state index in [1.807, 2.05) is 31.3 Å². The molecule has 0 aliphatic heterocycles. The fourth-order valence-electron chi connectivity index (χ4n) is 2.11. The maximum atomic E-state index is 7.64. The van der Waals surface area contributed by atoms with Crippen LogP contribution in [-0.4, -0.2) is 19.4 Å². The van der Waals surface area contributed by atoms with Crippen LogP contribution in [0, 0.1) is 5.41 Å². The van der Waals surface area contributed by atoms with Gasteiger partial charge in [-0.15, -0.1) is 0 Å². The number of nitrogen functional groups attached to an aromatic ring is 1. The summed E-state index contributed by atoms with van der Waals surface area (Å²) in [7, 11) is 1.99. The fourth-order valence-corrected chi connectivity index (χ4v) is 2.28.